The van der Waals surface area contributed by atoms with E-state index in [1.807, 2.05) is 13.8 Å². The highest BCUT2D eigenvalue weighted by molar-refractivity contribution is 7.92. The van der Waals surface area contributed by atoms with E-state index in [1.54, 1.807) is 4.72 Å². The average Bonchev–Trinajstić information content (AvgIpc) is 3.06. The number of fused-ring (bicyclic) bond motifs is 1. The van der Waals surface area contributed by atoms with Gasteiger partial charge in [-0.05, 0) is 5.92 Å². The fourth-order valence-corrected chi connectivity index (χ4v) is 4.45. The van der Waals surface area contributed by atoms with Crippen molar-refractivity contribution in [1.29, 1.82) is 0 Å². The average molecular weight is 417 g/mol. The van der Waals surface area contributed by atoms with E-state index in [0.29, 0.717) is 4.31 Å². The maximum atomic E-state index is 15.0. The van der Waals surface area contributed by atoms with Crippen molar-refractivity contribution >= 4 is 27.9 Å². The highest BCUT2D eigenvalue weighted by atomic mass is 32.2. The Morgan fingerprint density at radius 2 is 2.18 bits per heavy atom. The van der Waals surface area contributed by atoms with Crippen LogP contribution in [0.5, 0.6) is 11.5 Å². The molecule has 1 aromatic rings. The van der Waals surface area contributed by atoms with Gasteiger partial charge in [-0.15, -0.1) is 0 Å². The lowest BCUT2D eigenvalue weighted by atomic mass is 10.1. The number of phenols is 1. The van der Waals surface area contributed by atoms with E-state index in [-0.39, 0.29) is 36.7 Å². The lowest BCUT2D eigenvalue weighted by molar-refractivity contribution is -0.117. The molecule has 1 fully saturated rings. The smallest absolute Gasteiger partial charge is 0.407 e. The van der Waals surface area contributed by atoms with Crippen molar-refractivity contribution in [2.45, 2.75) is 26.4 Å². The van der Waals surface area contributed by atoms with Gasteiger partial charge in [-0.3, -0.25) is 4.79 Å². The number of carbonyl (C=O) groups excluding carboxylic acids is 1. The van der Waals surface area contributed by atoms with Gasteiger partial charge in [0.05, 0.1) is 6.54 Å². The number of carbonyl (C=O) groups is 2. The van der Waals surface area contributed by atoms with Crippen LogP contribution in [-0.4, -0.2) is 61.3 Å². The van der Waals surface area contributed by atoms with Crippen LogP contribution in [0.3, 0.4) is 0 Å². The topological polar surface area (TPSA) is 136 Å². The molecule has 10 nitrogen and oxygen atoms in total. The van der Waals surface area contributed by atoms with Gasteiger partial charge in [-0.25, -0.2) is 18.2 Å². The lowest BCUT2D eigenvalue weighted by Crippen LogP contribution is -2.40. The van der Waals surface area contributed by atoms with Crippen LogP contribution in [0.4, 0.5) is 14.9 Å². The molecule has 0 spiro atoms. The van der Waals surface area contributed by atoms with Crippen molar-refractivity contribution in [3.05, 3.63) is 17.4 Å². The monoisotopic (exact) mass is 417 g/mol. The van der Waals surface area contributed by atoms with Gasteiger partial charge in [0.25, 0.3) is 5.91 Å². The fourth-order valence-electron chi connectivity index (χ4n) is 3.29. The molecule has 0 aromatic heterocycles. The lowest BCUT2D eigenvalue weighted by Gasteiger charge is -2.24. The number of hydrogen-bond donors (Lipinski definition) is 3. The number of ether oxygens (including phenoxy) is 1. The predicted octanol–water partition coefficient (Wildman–Crippen LogP) is 0.652. The summed E-state index contributed by atoms with van der Waals surface area (Å²) in [6.07, 6.45) is -1.83. The van der Waals surface area contributed by atoms with Gasteiger partial charge in [0, 0.05) is 24.6 Å². The Kier molecular flexibility index (Phi) is 5.00. The highest BCUT2D eigenvalue weighted by Gasteiger charge is 2.40. The second-order valence-electron chi connectivity index (χ2n) is 7.10. The van der Waals surface area contributed by atoms with Crippen LogP contribution in [0, 0.1) is 11.7 Å². The molecule has 1 aromatic carbocycles. The number of aromatic hydroxyl groups is 1. The molecule has 2 aliphatic heterocycles. The molecule has 1 unspecified atom stereocenters. The molecule has 28 heavy (non-hydrogen) atoms. The van der Waals surface area contributed by atoms with E-state index in [0.717, 1.165) is 11.0 Å². The number of phenolic OH excluding ortho intramolecular Hbond substituents is 1. The normalized spacial score (nSPS) is 20.1. The van der Waals surface area contributed by atoms with Gasteiger partial charge in [-0.1, -0.05) is 13.8 Å². The van der Waals surface area contributed by atoms with Gasteiger partial charge in [0.1, 0.15) is 29.8 Å². The van der Waals surface area contributed by atoms with Gasteiger partial charge in [-0.2, -0.15) is 8.42 Å². The first kappa shape index (κ1) is 20.0. The zero-order valence-corrected chi connectivity index (χ0v) is 16.0. The summed E-state index contributed by atoms with van der Waals surface area (Å²) in [5.41, 5.74) is -0.624. The van der Waals surface area contributed by atoms with Crippen LogP contribution in [0.25, 0.3) is 0 Å². The standard InChI is InChI=1S/C16H20FN3O7S/c1-8(2)5-19(16(23)24)6-9-3-10-12(27-9)4-11(21)15(14(10)17)20-7-13(22)18-28(20,25)26/h4,8-9,21H,3,5-7H2,1-2H3,(H,18,22)(H,23,24). The van der Waals surface area contributed by atoms with Crippen molar-refractivity contribution in [3.63, 3.8) is 0 Å². The number of nitrogens with one attached hydrogen (secondary N) is 1. The molecule has 1 saturated heterocycles. The molecule has 12 heteroatoms. The Labute approximate surface area is 160 Å². The first-order valence-electron chi connectivity index (χ1n) is 8.51. The van der Waals surface area contributed by atoms with Crippen LogP contribution in [0.1, 0.15) is 19.4 Å². The van der Waals surface area contributed by atoms with Gasteiger partial charge in [0.15, 0.2) is 5.82 Å². The molecular formula is C16H20FN3O7S. The third-order valence-electron chi connectivity index (χ3n) is 4.36. The maximum Gasteiger partial charge on any atom is 0.407 e. The first-order chi connectivity index (χ1) is 13.0. The summed E-state index contributed by atoms with van der Waals surface area (Å²) in [6.45, 7) is 3.31. The summed E-state index contributed by atoms with van der Waals surface area (Å²) < 4.78 is 46.7. The molecule has 2 heterocycles. The van der Waals surface area contributed by atoms with Crippen molar-refractivity contribution < 1.29 is 37.3 Å². The second-order valence-corrected chi connectivity index (χ2v) is 8.69. The molecule has 154 valence electrons. The Morgan fingerprint density at radius 3 is 2.71 bits per heavy atom. The summed E-state index contributed by atoms with van der Waals surface area (Å²) in [4.78, 5) is 24.0. The minimum absolute atomic E-state index is 0.00835. The van der Waals surface area contributed by atoms with Crippen LogP contribution < -0.4 is 13.8 Å². The van der Waals surface area contributed by atoms with Gasteiger partial charge >= 0.3 is 16.3 Å². The molecular weight excluding hydrogens is 397 g/mol. The number of anilines is 1. The molecule has 3 rings (SSSR count). The van der Waals surface area contributed by atoms with Gasteiger partial charge < -0.3 is 19.8 Å². The van der Waals surface area contributed by atoms with Crippen molar-refractivity contribution in [2.75, 3.05) is 23.9 Å². The van der Waals surface area contributed by atoms with E-state index >= 15 is 4.39 Å². The predicted molar refractivity (Wildman–Crippen MR) is 95.0 cm³/mol. The molecule has 0 radical (unpaired) electrons. The maximum absolute atomic E-state index is 15.0. The van der Waals surface area contributed by atoms with E-state index < -0.39 is 52.1 Å². The Bertz CT molecular complexity index is 935. The number of amides is 2. The number of benzene rings is 1. The Balaban J connectivity index is 1.88. The highest BCUT2D eigenvalue weighted by Crippen LogP contribution is 2.43. The minimum Gasteiger partial charge on any atom is -0.505 e. The summed E-state index contributed by atoms with van der Waals surface area (Å²) in [7, 11) is -4.30. The Morgan fingerprint density at radius 1 is 1.50 bits per heavy atom. The zero-order valence-electron chi connectivity index (χ0n) is 15.2. The molecule has 0 saturated carbocycles. The van der Waals surface area contributed by atoms with Crippen molar-refractivity contribution in [1.82, 2.24) is 9.62 Å². The van der Waals surface area contributed by atoms with Crippen LogP contribution in [-0.2, 0) is 21.4 Å². The minimum atomic E-state index is -4.30. The van der Waals surface area contributed by atoms with E-state index in [2.05, 4.69) is 0 Å². The summed E-state index contributed by atoms with van der Waals surface area (Å²) >= 11 is 0. The third kappa shape index (κ3) is 3.63. The Hall–Kier alpha value is -2.76. The van der Waals surface area contributed by atoms with E-state index in [9.17, 15) is 28.2 Å². The largest absolute Gasteiger partial charge is 0.505 e. The quantitative estimate of drug-likeness (QED) is 0.640. The molecule has 2 aliphatic rings. The van der Waals surface area contributed by atoms with Crippen molar-refractivity contribution in [3.8, 4) is 11.5 Å². The number of rotatable bonds is 5. The molecule has 3 N–H and O–H groups in total. The number of halogens is 1. The van der Waals surface area contributed by atoms with Crippen LogP contribution in [0.2, 0.25) is 0 Å². The summed E-state index contributed by atoms with van der Waals surface area (Å²) in [5, 5.41) is 19.5. The number of nitrogens with zero attached hydrogens (tertiary/aromatic N) is 2. The van der Waals surface area contributed by atoms with Crippen LogP contribution >= 0.6 is 0 Å². The summed E-state index contributed by atoms with van der Waals surface area (Å²) in [5.74, 6) is -2.48. The third-order valence-corrected chi connectivity index (χ3v) is 5.73. The molecule has 1 atom stereocenters. The molecule has 0 aliphatic carbocycles. The SMILES string of the molecule is CC(C)CN(CC1Cc2c(cc(O)c(N3CC(=O)NS3(=O)=O)c2F)O1)C(=O)O. The number of hydrogen-bond acceptors (Lipinski definition) is 6. The number of carboxylic acid groups (broad SMARTS) is 1. The second kappa shape index (κ2) is 7.00. The first-order valence-corrected chi connectivity index (χ1v) is 9.95. The van der Waals surface area contributed by atoms with Crippen molar-refractivity contribution in [2.24, 2.45) is 5.92 Å². The van der Waals surface area contributed by atoms with Crippen LogP contribution in [0.15, 0.2) is 6.07 Å². The summed E-state index contributed by atoms with van der Waals surface area (Å²) in [6, 6.07) is 1.07. The molecule has 2 amide bonds. The molecule has 0 bridgehead atoms. The van der Waals surface area contributed by atoms with E-state index in [1.165, 1.54) is 0 Å². The zero-order chi connectivity index (χ0) is 20.8. The fraction of sp³-hybridized carbons (Fsp3) is 0.500. The van der Waals surface area contributed by atoms with Gasteiger partial charge in [0.2, 0.25) is 0 Å². The van der Waals surface area contributed by atoms with E-state index in [4.69, 9.17) is 4.74 Å².